The molecule has 0 radical (unpaired) electrons. The molecule has 0 saturated carbocycles. The first-order valence-corrected chi connectivity index (χ1v) is 7.50. The summed E-state index contributed by atoms with van der Waals surface area (Å²) in [5.41, 5.74) is 7.38. The standard InChI is InChI=1S/C16H28N4/c1-11-12(17)18-14(15(2,3)4)19-13(11)20-9-7-8-16(5,6)10-20/h7-10H2,1-6H3,(H2,17,18,19). The number of nitrogens with two attached hydrogens (primary N) is 1. The van der Waals surface area contributed by atoms with Gasteiger partial charge in [-0.3, -0.25) is 0 Å². The van der Waals surface area contributed by atoms with E-state index in [0.29, 0.717) is 11.2 Å². The third-order valence-corrected chi connectivity index (χ3v) is 4.03. The Hall–Kier alpha value is -1.32. The number of hydrogen-bond acceptors (Lipinski definition) is 4. The summed E-state index contributed by atoms with van der Waals surface area (Å²) in [6.07, 6.45) is 2.48. The SMILES string of the molecule is Cc1c(N)nc(C(C)(C)C)nc1N1CCCC(C)(C)C1. The molecular weight excluding hydrogens is 248 g/mol. The van der Waals surface area contributed by atoms with E-state index < -0.39 is 0 Å². The average Bonchev–Trinajstić information content (AvgIpc) is 2.29. The van der Waals surface area contributed by atoms with Gasteiger partial charge in [-0.05, 0) is 25.2 Å². The molecule has 4 heteroatoms. The highest BCUT2D eigenvalue weighted by Gasteiger charge is 2.29. The molecule has 0 atom stereocenters. The Labute approximate surface area is 122 Å². The molecule has 0 unspecified atom stereocenters. The van der Waals surface area contributed by atoms with Crippen molar-refractivity contribution < 1.29 is 0 Å². The zero-order valence-corrected chi connectivity index (χ0v) is 13.7. The highest BCUT2D eigenvalue weighted by Crippen LogP contribution is 2.34. The van der Waals surface area contributed by atoms with Crippen molar-refractivity contribution >= 4 is 11.6 Å². The summed E-state index contributed by atoms with van der Waals surface area (Å²) in [4.78, 5) is 11.7. The van der Waals surface area contributed by atoms with E-state index in [9.17, 15) is 0 Å². The van der Waals surface area contributed by atoms with Gasteiger partial charge in [-0.2, -0.15) is 0 Å². The van der Waals surface area contributed by atoms with E-state index >= 15 is 0 Å². The molecule has 1 aromatic heterocycles. The van der Waals surface area contributed by atoms with E-state index in [-0.39, 0.29) is 5.41 Å². The van der Waals surface area contributed by atoms with Gasteiger partial charge in [0, 0.05) is 24.1 Å². The third-order valence-electron chi connectivity index (χ3n) is 4.03. The van der Waals surface area contributed by atoms with Crippen LogP contribution in [0.5, 0.6) is 0 Å². The second kappa shape index (κ2) is 4.90. The highest BCUT2D eigenvalue weighted by atomic mass is 15.2. The average molecular weight is 276 g/mol. The van der Waals surface area contributed by atoms with Gasteiger partial charge in [0.15, 0.2) is 0 Å². The summed E-state index contributed by atoms with van der Waals surface area (Å²) in [5, 5.41) is 0. The Bertz CT molecular complexity index is 500. The fraction of sp³-hybridized carbons (Fsp3) is 0.750. The van der Waals surface area contributed by atoms with Crippen LogP contribution in [-0.4, -0.2) is 23.1 Å². The Morgan fingerprint density at radius 2 is 1.85 bits per heavy atom. The van der Waals surface area contributed by atoms with Gasteiger partial charge in [-0.1, -0.05) is 34.6 Å². The second-order valence-corrected chi connectivity index (χ2v) is 7.82. The van der Waals surface area contributed by atoms with Gasteiger partial charge in [-0.25, -0.2) is 9.97 Å². The maximum atomic E-state index is 6.11. The minimum Gasteiger partial charge on any atom is -0.383 e. The van der Waals surface area contributed by atoms with Crippen LogP contribution in [0.15, 0.2) is 0 Å². The van der Waals surface area contributed by atoms with Gasteiger partial charge in [0.2, 0.25) is 0 Å². The summed E-state index contributed by atoms with van der Waals surface area (Å²) in [5.74, 6) is 2.47. The molecule has 1 aliphatic heterocycles. The van der Waals surface area contributed by atoms with Gasteiger partial charge >= 0.3 is 0 Å². The molecule has 1 aromatic rings. The number of nitrogens with zero attached hydrogens (tertiary/aromatic N) is 3. The van der Waals surface area contributed by atoms with Crippen molar-refractivity contribution in [3.05, 3.63) is 11.4 Å². The molecule has 2 rings (SSSR count). The lowest BCUT2D eigenvalue weighted by Crippen LogP contribution is -2.41. The van der Waals surface area contributed by atoms with Crippen LogP contribution in [0.2, 0.25) is 0 Å². The normalized spacial score (nSPS) is 19.2. The summed E-state index contributed by atoms with van der Waals surface area (Å²) in [6.45, 7) is 15.1. The summed E-state index contributed by atoms with van der Waals surface area (Å²) in [6, 6.07) is 0. The zero-order chi connectivity index (χ0) is 15.1. The Morgan fingerprint density at radius 3 is 2.40 bits per heavy atom. The van der Waals surface area contributed by atoms with Crippen LogP contribution in [0, 0.1) is 12.3 Å². The molecule has 0 bridgehead atoms. The Kier molecular flexibility index (Phi) is 3.69. The smallest absolute Gasteiger partial charge is 0.138 e. The van der Waals surface area contributed by atoms with Gasteiger partial charge < -0.3 is 10.6 Å². The number of piperidine rings is 1. The van der Waals surface area contributed by atoms with Crippen LogP contribution in [0.4, 0.5) is 11.6 Å². The first kappa shape index (κ1) is 15.1. The minimum atomic E-state index is -0.0815. The maximum absolute atomic E-state index is 6.11. The van der Waals surface area contributed by atoms with Crippen molar-refractivity contribution in [1.29, 1.82) is 0 Å². The molecule has 1 fully saturated rings. The number of rotatable bonds is 1. The topological polar surface area (TPSA) is 55.0 Å². The molecule has 2 heterocycles. The molecule has 0 aromatic carbocycles. The number of nitrogen functional groups attached to an aromatic ring is 1. The Morgan fingerprint density at radius 1 is 1.20 bits per heavy atom. The van der Waals surface area contributed by atoms with Crippen LogP contribution in [0.1, 0.15) is 58.8 Å². The largest absolute Gasteiger partial charge is 0.383 e. The monoisotopic (exact) mass is 276 g/mol. The summed E-state index contributed by atoms with van der Waals surface area (Å²) < 4.78 is 0. The van der Waals surface area contributed by atoms with E-state index in [2.05, 4.69) is 44.5 Å². The number of hydrogen-bond donors (Lipinski definition) is 1. The van der Waals surface area contributed by atoms with Gasteiger partial charge in [0.05, 0.1) is 0 Å². The molecule has 4 nitrogen and oxygen atoms in total. The van der Waals surface area contributed by atoms with Gasteiger partial charge in [0.25, 0.3) is 0 Å². The molecule has 20 heavy (non-hydrogen) atoms. The predicted molar refractivity (Wildman–Crippen MR) is 85.1 cm³/mol. The first-order chi connectivity index (χ1) is 9.10. The number of aromatic nitrogens is 2. The molecule has 2 N–H and O–H groups in total. The van der Waals surface area contributed by atoms with Gasteiger partial charge in [-0.15, -0.1) is 0 Å². The Balaban J connectivity index is 2.43. The number of anilines is 2. The summed E-state index contributed by atoms with van der Waals surface area (Å²) >= 11 is 0. The summed E-state index contributed by atoms with van der Waals surface area (Å²) in [7, 11) is 0. The molecule has 0 aliphatic carbocycles. The predicted octanol–water partition coefficient (Wildman–Crippen LogP) is 3.29. The van der Waals surface area contributed by atoms with E-state index in [1.807, 2.05) is 6.92 Å². The van der Waals surface area contributed by atoms with Crippen LogP contribution in [0.3, 0.4) is 0 Å². The van der Waals surface area contributed by atoms with Crippen molar-refractivity contribution in [2.24, 2.45) is 5.41 Å². The minimum absolute atomic E-state index is 0.0815. The van der Waals surface area contributed by atoms with E-state index in [4.69, 9.17) is 10.7 Å². The molecule has 1 saturated heterocycles. The van der Waals surface area contributed by atoms with Gasteiger partial charge in [0.1, 0.15) is 17.5 Å². The van der Waals surface area contributed by atoms with Crippen molar-refractivity contribution in [3.8, 4) is 0 Å². The van der Waals surface area contributed by atoms with Crippen LogP contribution < -0.4 is 10.6 Å². The molecule has 0 spiro atoms. The molecule has 112 valence electrons. The van der Waals surface area contributed by atoms with E-state index in [1.54, 1.807) is 0 Å². The lowest BCUT2D eigenvalue weighted by atomic mass is 9.84. The maximum Gasteiger partial charge on any atom is 0.138 e. The van der Waals surface area contributed by atoms with Crippen LogP contribution in [-0.2, 0) is 5.41 Å². The van der Waals surface area contributed by atoms with Crippen molar-refractivity contribution in [2.75, 3.05) is 23.7 Å². The molecular formula is C16H28N4. The fourth-order valence-electron chi connectivity index (χ4n) is 2.77. The van der Waals surface area contributed by atoms with E-state index in [0.717, 1.165) is 30.3 Å². The lowest BCUT2D eigenvalue weighted by Gasteiger charge is -2.39. The van der Waals surface area contributed by atoms with Crippen molar-refractivity contribution in [2.45, 2.75) is 59.8 Å². The quantitative estimate of drug-likeness (QED) is 0.855. The molecule has 0 amide bonds. The zero-order valence-electron chi connectivity index (χ0n) is 13.7. The van der Waals surface area contributed by atoms with Crippen molar-refractivity contribution in [3.63, 3.8) is 0 Å². The van der Waals surface area contributed by atoms with Crippen LogP contribution >= 0.6 is 0 Å². The van der Waals surface area contributed by atoms with Crippen molar-refractivity contribution in [1.82, 2.24) is 9.97 Å². The van der Waals surface area contributed by atoms with Crippen LogP contribution in [0.25, 0.3) is 0 Å². The third kappa shape index (κ3) is 3.05. The first-order valence-electron chi connectivity index (χ1n) is 7.50. The molecule has 1 aliphatic rings. The highest BCUT2D eigenvalue weighted by molar-refractivity contribution is 5.57. The van der Waals surface area contributed by atoms with E-state index in [1.165, 1.54) is 12.8 Å². The second-order valence-electron chi connectivity index (χ2n) is 7.82. The lowest BCUT2D eigenvalue weighted by molar-refractivity contribution is 0.291. The fourth-order valence-corrected chi connectivity index (χ4v) is 2.77.